The van der Waals surface area contributed by atoms with Crippen molar-refractivity contribution in [3.63, 3.8) is 0 Å². The number of rotatable bonds is 11. The lowest BCUT2D eigenvalue weighted by Crippen LogP contribution is -2.60. The zero-order valence-corrected chi connectivity index (χ0v) is 19.1. The van der Waals surface area contributed by atoms with Gasteiger partial charge in [0.1, 0.15) is 5.82 Å². The van der Waals surface area contributed by atoms with Crippen LogP contribution in [0.3, 0.4) is 0 Å². The molecular formula is C23H38N4OS. The van der Waals surface area contributed by atoms with Crippen LogP contribution < -0.4 is 5.32 Å². The first-order valence-electron chi connectivity index (χ1n) is 12.0. The van der Waals surface area contributed by atoms with E-state index in [-0.39, 0.29) is 11.4 Å². The Bertz CT molecular complexity index is 666. The number of aryl methyl sites for hydroxylation is 1. The third-order valence-corrected chi connectivity index (χ3v) is 8.36. The Morgan fingerprint density at radius 1 is 1.03 bits per heavy atom. The minimum atomic E-state index is 0.106. The van der Waals surface area contributed by atoms with Crippen LogP contribution in [0, 0.1) is 17.8 Å². The lowest BCUT2D eigenvalue weighted by molar-refractivity contribution is -0.124. The van der Waals surface area contributed by atoms with Crippen molar-refractivity contribution in [1.82, 2.24) is 20.1 Å². The van der Waals surface area contributed by atoms with Crippen LogP contribution in [0.2, 0.25) is 0 Å². The van der Waals surface area contributed by atoms with Crippen LogP contribution in [0.1, 0.15) is 90.3 Å². The molecule has 0 aliphatic heterocycles. The van der Waals surface area contributed by atoms with E-state index in [0.29, 0.717) is 5.75 Å². The zero-order valence-electron chi connectivity index (χ0n) is 18.3. The molecule has 4 aliphatic carbocycles. The van der Waals surface area contributed by atoms with E-state index in [1.807, 2.05) is 0 Å². The first-order chi connectivity index (χ1) is 14.1. The zero-order chi connectivity index (χ0) is 20.3. The molecule has 0 atom stereocenters. The molecule has 0 radical (unpaired) electrons. The van der Waals surface area contributed by atoms with Crippen LogP contribution in [0.5, 0.6) is 0 Å². The van der Waals surface area contributed by atoms with E-state index >= 15 is 0 Å². The molecular weight excluding hydrogens is 380 g/mol. The largest absolute Gasteiger partial charge is 0.350 e. The average Bonchev–Trinajstić information content (AvgIpc) is 3.06. The summed E-state index contributed by atoms with van der Waals surface area (Å²) in [7, 11) is 0. The second-order valence-electron chi connectivity index (χ2n) is 9.84. The molecule has 4 bridgehead atoms. The summed E-state index contributed by atoms with van der Waals surface area (Å²) in [6.07, 6.45) is 15.2. The minimum Gasteiger partial charge on any atom is -0.350 e. The number of nitrogens with one attached hydrogen (secondary N) is 1. The first-order valence-corrected chi connectivity index (χ1v) is 12.9. The van der Waals surface area contributed by atoms with Crippen molar-refractivity contribution in [2.24, 2.45) is 17.8 Å². The fourth-order valence-electron chi connectivity index (χ4n) is 6.54. The molecule has 0 aromatic carbocycles. The Balaban J connectivity index is 1.27. The maximum atomic E-state index is 12.8. The molecule has 0 unspecified atom stereocenters. The quantitative estimate of drug-likeness (QED) is 0.406. The van der Waals surface area contributed by atoms with Gasteiger partial charge >= 0.3 is 0 Å². The van der Waals surface area contributed by atoms with Crippen LogP contribution in [-0.4, -0.2) is 32.0 Å². The Labute approximate surface area is 180 Å². The molecule has 0 saturated heterocycles. The molecule has 1 heterocycles. The van der Waals surface area contributed by atoms with Crippen molar-refractivity contribution in [3.8, 4) is 0 Å². The molecule has 0 spiro atoms. The smallest absolute Gasteiger partial charge is 0.230 e. The maximum Gasteiger partial charge on any atom is 0.230 e. The van der Waals surface area contributed by atoms with Gasteiger partial charge in [0.2, 0.25) is 5.91 Å². The summed E-state index contributed by atoms with van der Waals surface area (Å²) in [5, 5.41) is 13.2. The van der Waals surface area contributed by atoms with Crippen LogP contribution in [0.25, 0.3) is 0 Å². The summed E-state index contributed by atoms with van der Waals surface area (Å²) in [5.74, 6) is 4.29. The van der Waals surface area contributed by atoms with Gasteiger partial charge in [-0.15, -0.1) is 10.2 Å². The van der Waals surface area contributed by atoms with E-state index in [9.17, 15) is 4.79 Å². The van der Waals surface area contributed by atoms with E-state index in [1.54, 1.807) is 11.8 Å². The van der Waals surface area contributed by atoms with Gasteiger partial charge in [-0.2, -0.15) is 0 Å². The van der Waals surface area contributed by atoms with Crippen molar-refractivity contribution >= 4 is 17.7 Å². The highest BCUT2D eigenvalue weighted by atomic mass is 32.2. The van der Waals surface area contributed by atoms with Crippen molar-refractivity contribution in [1.29, 1.82) is 0 Å². The lowest BCUT2D eigenvalue weighted by Gasteiger charge is -2.56. The number of hydrogen-bond donors (Lipinski definition) is 1. The highest BCUT2D eigenvalue weighted by Crippen LogP contribution is 2.55. The predicted molar refractivity (Wildman–Crippen MR) is 118 cm³/mol. The summed E-state index contributed by atoms with van der Waals surface area (Å²) in [6.45, 7) is 5.26. The average molecular weight is 419 g/mol. The van der Waals surface area contributed by atoms with Gasteiger partial charge in [-0.1, -0.05) is 44.4 Å². The number of amides is 1. The van der Waals surface area contributed by atoms with Crippen molar-refractivity contribution in [3.05, 3.63) is 5.82 Å². The van der Waals surface area contributed by atoms with Crippen LogP contribution in [0.15, 0.2) is 5.16 Å². The summed E-state index contributed by atoms with van der Waals surface area (Å²) in [4.78, 5) is 12.8. The van der Waals surface area contributed by atoms with E-state index in [4.69, 9.17) is 0 Å². The van der Waals surface area contributed by atoms with Gasteiger partial charge in [0, 0.05) is 18.5 Å². The number of nitrogens with zero attached hydrogens (tertiary/aromatic N) is 3. The lowest BCUT2D eigenvalue weighted by atomic mass is 9.53. The number of hydrogen-bond acceptors (Lipinski definition) is 4. The molecule has 4 saturated carbocycles. The van der Waals surface area contributed by atoms with Crippen molar-refractivity contribution in [2.75, 3.05) is 5.75 Å². The molecule has 162 valence electrons. The minimum absolute atomic E-state index is 0.106. The SMILES string of the molecule is CCCCCCCc1nnc(SCC(=O)NC23CC4CC(CC(C4)C2)C3)n1CC. The molecule has 6 heteroatoms. The van der Waals surface area contributed by atoms with E-state index in [0.717, 1.165) is 41.7 Å². The summed E-state index contributed by atoms with van der Waals surface area (Å²) in [6, 6.07) is 0. The molecule has 4 fully saturated rings. The third-order valence-electron chi connectivity index (χ3n) is 7.39. The van der Waals surface area contributed by atoms with Gasteiger partial charge in [-0.3, -0.25) is 4.79 Å². The van der Waals surface area contributed by atoms with Gasteiger partial charge in [0.05, 0.1) is 5.75 Å². The predicted octanol–water partition coefficient (Wildman–Crippen LogP) is 4.99. The Morgan fingerprint density at radius 3 is 2.31 bits per heavy atom. The Morgan fingerprint density at radius 2 is 1.69 bits per heavy atom. The summed E-state index contributed by atoms with van der Waals surface area (Å²) >= 11 is 1.55. The first kappa shape index (κ1) is 21.2. The molecule has 29 heavy (non-hydrogen) atoms. The van der Waals surface area contributed by atoms with E-state index < -0.39 is 0 Å². The number of carbonyl (C=O) groups excluding carboxylic acids is 1. The van der Waals surface area contributed by atoms with Gasteiger partial charge in [0.15, 0.2) is 5.16 Å². The molecule has 1 amide bonds. The maximum absolute atomic E-state index is 12.8. The Hall–Kier alpha value is -1.04. The molecule has 1 N–H and O–H groups in total. The normalized spacial score (nSPS) is 30.1. The third kappa shape index (κ3) is 5.00. The fourth-order valence-corrected chi connectivity index (χ4v) is 7.36. The molecule has 4 aliphatic rings. The Kier molecular flexibility index (Phi) is 6.87. The van der Waals surface area contributed by atoms with Gasteiger partial charge in [-0.25, -0.2) is 0 Å². The summed E-state index contributed by atoms with van der Waals surface area (Å²) in [5.41, 5.74) is 0.106. The number of carbonyl (C=O) groups is 1. The van der Waals surface area contributed by atoms with Crippen molar-refractivity contribution < 1.29 is 4.79 Å². The van der Waals surface area contributed by atoms with Gasteiger partial charge in [0.25, 0.3) is 0 Å². The monoisotopic (exact) mass is 418 g/mol. The van der Waals surface area contributed by atoms with Crippen LogP contribution in [0.4, 0.5) is 0 Å². The topological polar surface area (TPSA) is 59.8 Å². The molecule has 5 nitrogen and oxygen atoms in total. The fraction of sp³-hybridized carbons (Fsp3) is 0.870. The van der Waals surface area contributed by atoms with Crippen LogP contribution in [-0.2, 0) is 17.8 Å². The number of unbranched alkanes of at least 4 members (excludes halogenated alkanes) is 4. The second kappa shape index (κ2) is 9.40. The molecule has 5 rings (SSSR count). The number of thioether (sulfide) groups is 1. The highest BCUT2D eigenvalue weighted by molar-refractivity contribution is 7.99. The van der Waals surface area contributed by atoms with Gasteiger partial charge < -0.3 is 9.88 Å². The standard InChI is InChI=1S/C23H38N4OS/c1-3-5-6-7-8-9-20-25-26-22(27(20)4-2)29-16-21(28)24-23-13-17-10-18(14-23)12-19(11-17)15-23/h17-19H,3-16H2,1-2H3,(H,24,28). The molecule has 1 aromatic rings. The highest BCUT2D eigenvalue weighted by Gasteiger charge is 2.51. The van der Waals surface area contributed by atoms with E-state index in [1.165, 1.54) is 70.6 Å². The summed E-state index contributed by atoms with van der Waals surface area (Å²) < 4.78 is 2.20. The van der Waals surface area contributed by atoms with Crippen molar-refractivity contribution in [2.45, 2.75) is 108 Å². The molecule has 1 aromatic heterocycles. The second-order valence-corrected chi connectivity index (χ2v) is 10.8. The van der Waals surface area contributed by atoms with Gasteiger partial charge in [-0.05, 0) is 69.6 Å². The number of aromatic nitrogens is 3. The van der Waals surface area contributed by atoms with Crippen LogP contribution >= 0.6 is 11.8 Å². The van der Waals surface area contributed by atoms with E-state index in [2.05, 4.69) is 33.9 Å².